The van der Waals surface area contributed by atoms with Crippen LogP contribution in [-0.2, 0) is 0 Å². The summed E-state index contributed by atoms with van der Waals surface area (Å²) in [4.78, 5) is 18.5. The monoisotopic (exact) mass is 232 g/mol. The number of nitrogens with two attached hydrogens (primary N) is 1. The predicted molar refractivity (Wildman–Crippen MR) is 60.8 cm³/mol. The Morgan fingerprint density at radius 3 is 2.65 bits per heavy atom. The Kier molecular flexibility index (Phi) is 2.95. The van der Waals surface area contributed by atoms with Gasteiger partial charge < -0.3 is 11.1 Å². The highest BCUT2D eigenvalue weighted by Crippen LogP contribution is 2.10. The Balaban J connectivity index is 2.21. The summed E-state index contributed by atoms with van der Waals surface area (Å²) in [5.41, 5.74) is 5.50. The van der Waals surface area contributed by atoms with Crippen molar-refractivity contribution in [3.05, 3.63) is 48.0 Å². The summed E-state index contributed by atoms with van der Waals surface area (Å²) in [6.07, 6.45) is 1.05. The molecule has 5 nitrogen and oxygen atoms in total. The normalized spacial score (nSPS) is 9.94. The van der Waals surface area contributed by atoms with Crippen LogP contribution >= 0.6 is 0 Å². The van der Waals surface area contributed by atoms with E-state index in [4.69, 9.17) is 5.73 Å². The first-order chi connectivity index (χ1) is 8.16. The van der Waals surface area contributed by atoms with Gasteiger partial charge in [0.05, 0.1) is 0 Å². The molecule has 2 aromatic rings. The highest BCUT2D eigenvalue weighted by atomic mass is 19.1. The van der Waals surface area contributed by atoms with E-state index < -0.39 is 11.9 Å². The van der Waals surface area contributed by atoms with E-state index in [1.807, 2.05) is 6.07 Å². The molecule has 0 saturated heterocycles. The number of carbonyl (C=O) groups excluding carboxylic acids is 1. The molecule has 1 aromatic heterocycles. The van der Waals surface area contributed by atoms with Crippen molar-refractivity contribution in [3.63, 3.8) is 0 Å². The largest absolute Gasteiger partial charge is 0.368 e. The number of hydrogen-bond donors (Lipinski definition) is 2. The molecular formula is C11H9FN4O. The maximum Gasteiger partial charge on any atom is 0.261 e. The first-order valence-corrected chi connectivity index (χ1v) is 4.81. The molecular weight excluding hydrogens is 223 g/mol. The van der Waals surface area contributed by atoms with Crippen molar-refractivity contribution in [1.82, 2.24) is 9.97 Å². The number of benzene rings is 1. The van der Waals surface area contributed by atoms with Crippen LogP contribution in [0.5, 0.6) is 0 Å². The van der Waals surface area contributed by atoms with Crippen LogP contribution in [0, 0.1) is 5.95 Å². The molecule has 0 saturated carbocycles. The third-order valence-corrected chi connectivity index (χ3v) is 2.04. The zero-order valence-corrected chi connectivity index (χ0v) is 8.72. The number of halogens is 1. The maximum atomic E-state index is 13.3. The zero-order chi connectivity index (χ0) is 12.3. The third kappa shape index (κ3) is 2.54. The second-order valence-electron chi connectivity index (χ2n) is 3.25. The number of nitrogens with one attached hydrogen (secondary N) is 1. The van der Waals surface area contributed by atoms with Crippen LogP contribution in [0.25, 0.3) is 0 Å². The van der Waals surface area contributed by atoms with Gasteiger partial charge in [0.15, 0.2) is 0 Å². The van der Waals surface area contributed by atoms with Gasteiger partial charge in [0.25, 0.3) is 5.91 Å². The van der Waals surface area contributed by atoms with Crippen molar-refractivity contribution in [2.45, 2.75) is 0 Å². The number of para-hydroxylation sites is 1. The van der Waals surface area contributed by atoms with Crippen LogP contribution in [-0.4, -0.2) is 15.9 Å². The molecule has 1 heterocycles. The number of hydrogen-bond acceptors (Lipinski definition) is 4. The van der Waals surface area contributed by atoms with Gasteiger partial charge in [-0.1, -0.05) is 18.2 Å². The summed E-state index contributed by atoms with van der Waals surface area (Å²) in [6, 6.07) is 8.70. The van der Waals surface area contributed by atoms with Gasteiger partial charge in [-0.05, 0) is 12.1 Å². The topological polar surface area (TPSA) is 80.9 Å². The smallest absolute Gasteiger partial charge is 0.261 e. The van der Waals surface area contributed by atoms with Gasteiger partial charge in [-0.25, -0.2) is 4.98 Å². The lowest BCUT2D eigenvalue weighted by atomic mass is 10.2. The van der Waals surface area contributed by atoms with Crippen LogP contribution in [0.2, 0.25) is 0 Å². The van der Waals surface area contributed by atoms with E-state index in [2.05, 4.69) is 15.3 Å². The molecule has 0 aliphatic carbocycles. The number of anilines is 2. The lowest BCUT2D eigenvalue weighted by molar-refractivity contribution is 0.102. The molecule has 0 aliphatic rings. The van der Waals surface area contributed by atoms with E-state index in [1.165, 1.54) is 0 Å². The van der Waals surface area contributed by atoms with Crippen LogP contribution < -0.4 is 11.1 Å². The molecule has 0 aliphatic heterocycles. The SMILES string of the molecule is Nc1ncc(C(=O)Nc2ccccc2)c(F)n1. The van der Waals surface area contributed by atoms with Crippen LogP contribution in [0.15, 0.2) is 36.5 Å². The highest BCUT2D eigenvalue weighted by Gasteiger charge is 2.13. The van der Waals surface area contributed by atoms with Gasteiger partial charge in [0.2, 0.25) is 11.9 Å². The van der Waals surface area contributed by atoms with Crippen molar-refractivity contribution in [3.8, 4) is 0 Å². The fraction of sp³-hybridized carbons (Fsp3) is 0. The van der Waals surface area contributed by atoms with Gasteiger partial charge in [0, 0.05) is 11.9 Å². The van der Waals surface area contributed by atoms with Crippen LogP contribution in [0.3, 0.4) is 0 Å². The zero-order valence-electron chi connectivity index (χ0n) is 8.72. The summed E-state index contributed by atoms with van der Waals surface area (Å²) in [7, 11) is 0. The molecule has 0 bridgehead atoms. The lowest BCUT2D eigenvalue weighted by Crippen LogP contribution is -2.15. The van der Waals surface area contributed by atoms with Crippen molar-refractivity contribution < 1.29 is 9.18 Å². The number of amides is 1. The van der Waals surface area contributed by atoms with E-state index in [-0.39, 0.29) is 11.5 Å². The summed E-state index contributed by atoms with van der Waals surface area (Å²) >= 11 is 0. The summed E-state index contributed by atoms with van der Waals surface area (Å²) < 4.78 is 13.3. The minimum atomic E-state index is -0.939. The van der Waals surface area contributed by atoms with Crippen LogP contribution in [0.4, 0.5) is 16.0 Å². The minimum Gasteiger partial charge on any atom is -0.368 e. The molecule has 0 atom stereocenters. The summed E-state index contributed by atoms with van der Waals surface area (Å²) in [5.74, 6) is -1.77. The molecule has 0 fully saturated rings. The molecule has 0 radical (unpaired) electrons. The summed E-state index contributed by atoms with van der Waals surface area (Å²) in [6.45, 7) is 0. The fourth-order valence-electron chi connectivity index (χ4n) is 1.25. The van der Waals surface area contributed by atoms with Gasteiger partial charge in [-0.2, -0.15) is 9.37 Å². The standard InChI is InChI=1S/C11H9FN4O/c12-9-8(6-14-11(13)16-9)10(17)15-7-4-2-1-3-5-7/h1-6H,(H,15,17)(H2,13,14,16). The second-order valence-corrected chi connectivity index (χ2v) is 3.25. The highest BCUT2D eigenvalue weighted by molar-refractivity contribution is 6.04. The first-order valence-electron chi connectivity index (χ1n) is 4.81. The molecule has 86 valence electrons. The van der Waals surface area contributed by atoms with E-state index >= 15 is 0 Å². The maximum absolute atomic E-state index is 13.3. The van der Waals surface area contributed by atoms with Crippen molar-refractivity contribution in [2.75, 3.05) is 11.1 Å². The molecule has 6 heteroatoms. The molecule has 0 spiro atoms. The average Bonchev–Trinajstić information content (AvgIpc) is 2.30. The Bertz CT molecular complexity index is 544. The molecule has 2 rings (SSSR count). The number of rotatable bonds is 2. The van der Waals surface area contributed by atoms with Crippen LogP contribution in [0.1, 0.15) is 10.4 Å². The van der Waals surface area contributed by atoms with E-state index in [0.29, 0.717) is 5.69 Å². The van der Waals surface area contributed by atoms with Gasteiger partial charge in [-0.15, -0.1) is 0 Å². The van der Waals surface area contributed by atoms with E-state index in [1.54, 1.807) is 24.3 Å². The van der Waals surface area contributed by atoms with E-state index in [9.17, 15) is 9.18 Å². The number of aromatic nitrogens is 2. The Morgan fingerprint density at radius 1 is 1.29 bits per heavy atom. The third-order valence-electron chi connectivity index (χ3n) is 2.04. The van der Waals surface area contributed by atoms with Gasteiger partial charge >= 0.3 is 0 Å². The first kappa shape index (κ1) is 11.0. The Labute approximate surface area is 96.5 Å². The molecule has 3 N–H and O–H groups in total. The predicted octanol–water partition coefficient (Wildman–Crippen LogP) is 1.45. The van der Waals surface area contributed by atoms with Gasteiger partial charge in [-0.3, -0.25) is 4.79 Å². The number of carbonyl (C=O) groups is 1. The quantitative estimate of drug-likeness (QED) is 0.768. The second kappa shape index (κ2) is 4.56. The number of nitrogen functional groups attached to an aromatic ring is 1. The lowest BCUT2D eigenvalue weighted by Gasteiger charge is -2.05. The minimum absolute atomic E-state index is 0.209. The molecule has 17 heavy (non-hydrogen) atoms. The Morgan fingerprint density at radius 2 is 2.00 bits per heavy atom. The molecule has 1 aromatic carbocycles. The fourth-order valence-corrected chi connectivity index (χ4v) is 1.25. The van der Waals surface area contributed by atoms with Crippen molar-refractivity contribution >= 4 is 17.5 Å². The molecule has 0 unspecified atom stereocenters. The van der Waals surface area contributed by atoms with E-state index in [0.717, 1.165) is 6.20 Å². The van der Waals surface area contributed by atoms with Crippen molar-refractivity contribution in [1.29, 1.82) is 0 Å². The van der Waals surface area contributed by atoms with Crippen molar-refractivity contribution in [2.24, 2.45) is 0 Å². The van der Waals surface area contributed by atoms with Gasteiger partial charge in [0.1, 0.15) is 5.56 Å². The summed E-state index contributed by atoms with van der Waals surface area (Å²) in [5, 5.41) is 2.52. The average molecular weight is 232 g/mol. The number of nitrogens with zero attached hydrogens (tertiary/aromatic N) is 2. The molecule has 1 amide bonds. The Hall–Kier alpha value is -2.50.